The van der Waals surface area contributed by atoms with Crippen LogP contribution in [0.2, 0.25) is 0 Å². The van der Waals surface area contributed by atoms with E-state index in [-0.39, 0.29) is 0 Å². The highest BCUT2D eigenvalue weighted by atomic mass is 16.5. The number of rotatable bonds is 1. The molecule has 0 atom stereocenters. The molecule has 1 heterocycles. The number of aldehydes is 1. The third-order valence-corrected chi connectivity index (χ3v) is 2.33. The summed E-state index contributed by atoms with van der Waals surface area (Å²) >= 11 is 0. The number of hydrogen-bond donors (Lipinski definition) is 0. The van der Waals surface area contributed by atoms with Gasteiger partial charge in [0, 0.05) is 5.56 Å². The van der Waals surface area contributed by atoms with Gasteiger partial charge in [-0.1, -0.05) is 5.92 Å². The molecule has 0 saturated heterocycles. The van der Waals surface area contributed by atoms with Gasteiger partial charge in [0.1, 0.15) is 5.75 Å². The van der Waals surface area contributed by atoms with Crippen LogP contribution in [0.1, 0.15) is 27.9 Å². The van der Waals surface area contributed by atoms with Crippen molar-refractivity contribution in [2.75, 3.05) is 6.61 Å². The molecule has 2 heteroatoms. The van der Waals surface area contributed by atoms with Gasteiger partial charge in [-0.15, -0.1) is 6.42 Å². The van der Waals surface area contributed by atoms with Crippen LogP contribution in [0.25, 0.3) is 0 Å². The molecule has 70 valence electrons. The molecule has 1 aliphatic heterocycles. The maximum atomic E-state index is 10.8. The molecule has 1 aromatic rings. The summed E-state index contributed by atoms with van der Waals surface area (Å²) in [6.07, 6.45) is 8.02. The Kier molecular flexibility index (Phi) is 2.24. The van der Waals surface area contributed by atoms with Crippen LogP contribution in [0.15, 0.2) is 12.1 Å². The van der Waals surface area contributed by atoms with Crippen molar-refractivity contribution in [3.8, 4) is 18.1 Å². The zero-order valence-electron chi connectivity index (χ0n) is 7.75. The fraction of sp³-hybridized carbons (Fsp3) is 0.250. The van der Waals surface area contributed by atoms with Crippen LogP contribution in [-0.4, -0.2) is 12.9 Å². The zero-order valence-corrected chi connectivity index (χ0v) is 7.75. The summed E-state index contributed by atoms with van der Waals surface area (Å²) in [5, 5.41) is 0. The number of fused-ring (bicyclic) bond motifs is 1. The number of terminal acetylenes is 1. The Hall–Kier alpha value is -1.75. The smallest absolute Gasteiger partial charge is 0.153 e. The SMILES string of the molecule is C#Cc1cc(C=O)c2c(c1)CCCO2. The molecule has 14 heavy (non-hydrogen) atoms. The zero-order chi connectivity index (χ0) is 9.97. The fourth-order valence-corrected chi connectivity index (χ4v) is 1.68. The molecule has 0 radical (unpaired) electrons. The van der Waals surface area contributed by atoms with Crippen LogP contribution < -0.4 is 4.74 Å². The van der Waals surface area contributed by atoms with E-state index in [0.29, 0.717) is 17.9 Å². The summed E-state index contributed by atoms with van der Waals surface area (Å²) in [5.41, 5.74) is 2.36. The average molecular weight is 186 g/mol. The maximum absolute atomic E-state index is 10.8. The van der Waals surface area contributed by atoms with E-state index >= 15 is 0 Å². The van der Waals surface area contributed by atoms with E-state index in [1.807, 2.05) is 6.07 Å². The highest BCUT2D eigenvalue weighted by Gasteiger charge is 2.15. The van der Waals surface area contributed by atoms with E-state index < -0.39 is 0 Å². The summed E-state index contributed by atoms with van der Waals surface area (Å²) < 4.78 is 5.45. The minimum atomic E-state index is 0.565. The molecular weight excluding hydrogens is 176 g/mol. The first-order valence-electron chi connectivity index (χ1n) is 4.56. The van der Waals surface area contributed by atoms with Gasteiger partial charge in [-0.2, -0.15) is 0 Å². The highest BCUT2D eigenvalue weighted by Crippen LogP contribution is 2.29. The second kappa shape index (κ2) is 3.55. The Balaban J connectivity index is 2.59. The van der Waals surface area contributed by atoms with Crippen molar-refractivity contribution in [2.24, 2.45) is 0 Å². The minimum absolute atomic E-state index is 0.565. The van der Waals surface area contributed by atoms with Crippen LogP contribution in [0, 0.1) is 12.3 Å². The summed E-state index contributed by atoms with van der Waals surface area (Å²) in [6.45, 7) is 0.684. The van der Waals surface area contributed by atoms with Gasteiger partial charge < -0.3 is 4.74 Å². The summed E-state index contributed by atoms with van der Waals surface area (Å²) in [4.78, 5) is 10.8. The first kappa shape index (κ1) is 8.83. The standard InChI is InChI=1S/C12H10O2/c1-2-9-6-10-4-3-5-14-12(10)11(7-9)8-13/h1,6-8H,3-5H2. The fourth-order valence-electron chi connectivity index (χ4n) is 1.68. The maximum Gasteiger partial charge on any atom is 0.153 e. The minimum Gasteiger partial charge on any atom is -0.493 e. The molecule has 2 rings (SSSR count). The lowest BCUT2D eigenvalue weighted by Gasteiger charge is -2.18. The van der Waals surface area contributed by atoms with Gasteiger partial charge in [-0.25, -0.2) is 0 Å². The Labute approximate surface area is 82.9 Å². The number of aryl methyl sites for hydroxylation is 1. The number of ether oxygens (including phenoxy) is 1. The van der Waals surface area contributed by atoms with Gasteiger partial charge in [0.25, 0.3) is 0 Å². The number of carbonyl (C=O) groups excluding carboxylic acids is 1. The largest absolute Gasteiger partial charge is 0.493 e. The van der Waals surface area contributed by atoms with Crippen LogP contribution in [-0.2, 0) is 6.42 Å². The predicted octanol–water partition coefficient (Wildman–Crippen LogP) is 1.81. The van der Waals surface area contributed by atoms with Crippen LogP contribution in [0.3, 0.4) is 0 Å². The quantitative estimate of drug-likeness (QED) is 0.494. The number of carbonyl (C=O) groups is 1. The molecule has 2 nitrogen and oxygen atoms in total. The average Bonchev–Trinajstić information content (AvgIpc) is 2.27. The molecular formula is C12H10O2. The third kappa shape index (κ3) is 1.38. The Morgan fingerprint density at radius 1 is 1.50 bits per heavy atom. The van der Waals surface area contributed by atoms with E-state index in [1.165, 1.54) is 0 Å². The summed E-state index contributed by atoms with van der Waals surface area (Å²) in [7, 11) is 0. The van der Waals surface area contributed by atoms with Gasteiger partial charge >= 0.3 is 0 Å². The van der Waals surface area contributed by atoms with Crippen LogP contribution in [0.5, 0.6) is 5.75 Å². The molecule has 0 unspecified atom stereocenters. The first-order valence-corrected chi connectivity index (χ1v) is 4.56. The van der Waals surface area contributed by atoms with Gasteiger partial charge in [0.2, 0.25) is 0 Å². The van der Waals surface area contributed by atoms with Crippen molar-refractivity contribution < 1.29 is 9.53 Å². The van der Waals surface area contributed by atoms with Crippen molar-refractivity contribution in [1.82, 2.24) is 0 Å². The second-order valence-corrected chi connectivity index (χ2v) is 3.27. The lowest BCUT2D eigenvalue weighted by atomic mass is 9.99. The summed E-state index contributed by atoms with van der Waals surface area (Å²) in [5.74, 6) is 3.25. The second-order valence-electron chi connectivity index (χ2n) is 3.27. The Morgan fingerprint density at radius 3 is 3.07 bits per heavy atom. The third-order valence-electron chi connectivity index (χ3n) is 2.33. The van der Waals surface area contributed by atoms with Gasteiger partial charge in [-0.05, 0) is 30.5 Å². The topological polar surface area (TPSA) is 26.3 Å². The van der Waals surface area contributed by atoms with E-state index in [1.54, 1.807) is 6.07 Å². The number of benzene rings is 1. The van der Waals surface area contributed by atoms with Crippen molar-refractivity contribution in [1.29, 1.82) is 0 Å². The van der Waals surface area contributed by atoms with Crippen molar-refractivity contribution >= 4 is 6.29 Å². The monoisotopic (exact) mass is 186 g/mol. The molecule has 0 saturated carbocycles. The van der Waals surface area contributed by atoms with E-state index in [4.69, 9.17) is 11.2 Å². The Morgan fingerprint density at radius 2 is 2.36 bits per heavy atom. The summed E-state index contributed by atoms with van der Waals surface area (Å²) in [6, 6.07) is 3.61. The normalized spacial score (nSPS) is 13.6. The van der Waals surface area contributed by atoms with E-state index in [9.17, 15) is 4.79 Å². The predicted molar refractivity (Wildman–Crippen MR) is 53.6 cm³/mol. The van der Waals surface area contributed by atoms with Crippen molar-refractivity contribution in [3.05, 3.63) is 28.8 Å². The van der Waals surface area contributed by atoms with Crippen LogP contribution >= 0.6 is 0 Å². The van der Waals surface area contributed by atoms with Gasteiger partial charge in [0.15, 0.2) is 6.29 Å². The molecule has 0 bridgehead atoms. The molecule has 0 N–H and O–H groups in total. The van der Waals surface area contributed by atoms with Gasteiger partial charge in [0.05, 0.1) is 12.2 Å². The number of hydrogen-bond acceptors (Lipinski definition) is 2. The molecule has 0 amide bonds. The molecule has 0 fully saturated rings. The Bertz CT molecular complexity index is 413. The van der Waals surface area contributed by atoms with E-state index in [2.05, 4.69) is 5.92 Å². The molecule has 1 aliphatic rings. The lowest BCUT2D eigenvalue weighted by Crippen LogP contribution is -2.10. The van der Waals surface area contributed by atoms with Crippen LogP contribution in [0.4, 0.5) is 0 Å². The van der Waals surface area contributed by atoms with Crippen molar-refractivity contribution in [2.45, 2.75) is 12.8 Å². The first-order chi connectivity index (χ1) is 6.85. The van der Waals surface area contributed by atoms with E-state index in [0.717, 1.165) is 30.3 Å². The molecule has 0 spiro atoms. The lowest BCUT2D eigenvalue weighted by molar-refractivity contribution is 0.111. The van der Waals surface area contributed by atoms with Crippen molar-refractivity contribution in [3.63, 3.8) is 0 Å². The van der Waals surface area contributed by atoms with Gasteiger partial charge in [-0.3, -0.25) is 4.79 Å². The molecule has 0 aliphatic carbocycles. The highest BCUT2D eigenvalue weighted by molar-refractivity contribution is 5.81. The molecule has 0 aromatic heterocycles. The molecule has 1 aromatic carbocycles.